The first-order chi connectivity index (χ1) is 24.7. The molecule has 4 rings (SSSR count). The molecule has 12 nitrogen and oxygen atoms in total. The molecule has 2 aromatic carbocycles. The van der Waals surface area contributed by atoms with Crippen LogP contribution in [-0.2, 0) is 12.4 Å². The smallest absolute Gasteiger partial charge is 0.433 e. The van der Waals surface area contributed by atoms with Crippen molar-refractivity contribution >= 4 is 46.6 Å². The number of nitriles is 1. The van der Waals surface area contributed by atoms with Crippen molar-refractivity contribution in [1.29, 1.82) is 5.26 Å². The number of ether oxygens (including phenoxy) is 1. The molecule has 5 N–H and O–H groups in total. The lowest BCUT2D eigenvalue weighted by atomic mass is 10.2. The lowest BCUT2D eigenvalue weighted by molar-refractivity contribution is -0.141. The van der Waals surface area contributed by atoms with Gasteiger partial charge in [-0.3, -0.25) is 25.1 Å². The zero-order chi connectivity index (χ0) is 37.7. The number of hydrogen-bond donors (Lipinski definition) is 5. The van der Waals surface area contributed by atoms with E-state index in [1.807, 2.05) is 0 Å². The van der Waals surface area contributed by atoms with Gasteiger partial charge in [0, 0.05) is 48.6 Å². The minimum Gasteiger partial charge on any atom is -0.457 e. The molecule has 0 saturated heterocycles. The van der Waals surface area contributed by atoms with Gasteiger partial charge in [-0.1, -0.05) is 11.6 Å². The number of nitrogens with zero attached hydrogens (tertiary/aromatic N) is 4. The van der Waals surface area contributed by atoms with Crippen molar-refractivity contribution in [3.8, 4) is 17.7 Å². The Balaban J connectivity index is 1.19. The van der Waals surface area contributed by atoms with E-state index in [4.69, 9.17) is 21.6 Å². The summed E-state index contributed by atoms with van der Waals surface area (Å²) in [5.74, 6) is 0.185. The van der Waals surface area contributed by atoms with Gasteiger partial charge in [-0.2, -0.15) is 31.6 Å². The van der Waals surface area contributed by atoms with Crippen molar-refractivity contribution in [1.82, 2.24) is 20.6 Å². The van der Waals surface area contributed by atoms with Crippen LogP contribution >= 0.6 is 11.6 Å². The van der Waals surface area contributed by atoms with E-state index in [-0.39, 0.29) is 29.6 Å². The molecule has 0 atom stereocenters. The fraction of sp³-hybridized carbons (Fsp3) is 0.212. The molecule has 19 heteroatoms. The maximum Gasteiger partial charge on any atom is 0.433 e. The molecule has 2 heterocycles. The number of hydrogen-bond acceptors (Lipinski definition) is 7. The molecular weight excluding hydrogens is 720 g/mol. The quantitative estimate of drug-likeness (QED) is 0.0243. The van der Waals surface area contributed by atoms with E-state index in [1.165, 1.54) is 54.7 Å². The summed E-state index contributed by atoms with van der Waals surface area (Å²) in [6.07, 6.45) is -3.48. The highest BCUT2D eigenvalue weighted by Gasteiger charge is 2.34. The summed E-state index contributed by atoms with van der Waals surface area (Å²) in [4.78, 5) is 36.5. The topological polar surface area (TPSA) is 165 Å². The van der Waals surface area contributed by atoms with Gasteiger partial charge >= 0.3 is 18.4 Å². The first-order valence-corrected chi connectivity index (χ1v) is 15.6. The van der Waals surface area contributed by atoms with Gasteiger partial charge in [0.05, 0.1) is 10.6 Å². The van der Waals surface area contributed by atoms with E-state index in [9.17, 15) is 35.9 Å². The second kappa shape index (κ2) is 17.7. The number of carbonyl (C=O) groups is 2. The van der Waals surface area contributed by atoms with Crippen LogP contribution in [0, 0.1) is 11.5 Å². The van der Waals surface area contributed by atoms with E-state index in [0.717, 1.165) is 24.4 Å². The number of benzene rings is 2. The molecule has 0 radical (unpaired) electrons. The Labute approximate surface area is 297 Å². The number of pyridine rings is 2. The van der Waals surface area contributed by atoms with Crippen molar-refractivity contribution in [2.24, 2.45) is 4.99 Å². The highest BCUT2D eigenvalue weighted by Crippen LogP contribution is 2.36. The minimum atomic E-state index is -4.69. The number of amides is 3. The summed E-state index contributed by atoms with van der Waals surface area (Å²) in [7, 11) is 0. The van der Waals surface area contributed by atoms with E-state index >= 15 is 0 Å². The zero-order valence-electron chi connectivity index (χ0n) is 26.7. The van der Waals surface area contributed by atoms with Gasteiger partial charge in [-0.15, -0.1) is 0 Å². The number of aliphatic imine (C=N–C) groups is 1. The number of halogens is 7. The van der Waals surface area contributed by atoms with E-state index in [1.54, 1.807) is 6.19 Å². The second-order valence-corrected chi connectivity index (χ2v) is 11.0. The number of nitrogens with one attached hydrogen (secondary N) is 5. The molecule has 0 aliphatic rings. The lowest BCUT2D eigenvalue weighted by Gasteiger charge is -2.12. The van der Waals surface area contributed by atoms with Crippen LogP contribution in [0.1, 0.15) is 41.0 Å². The van der Waals surface area contributed by atoms with Gasteiger partial charge in [-0.25, -0.2) is 4.79 Å². The molecule has 0 spiro atoms. The Morgan fingerprint density at radius 2 is 1.48 bits per heavy atom. The third-order valence-corrected chi connectivity index (χ3v) is 7.05. The number of carbonyl (C=O) groups excluding carboxylic acids is 2. The highest BCUT2D eigenvalue weighted by molar-refractivity contribution is 6.31. The van der Waals surface area contributed by atoms with Crippen LogP contribution in [0.4, 0.5) is 48.2 Å². The minimum absolute atomic E-state index is 0.0258. The molecule has 2 aromatic heterocycles. The zero-order valence-corrected chi connectivity index (χ0v) is 27.5. The van der Waals surface area contributed by atoms with Crippen molar-refractivity contribution in [3.63, 3.8) is 0 Å². The van der Waals surface area contributed by atoms with Gasteiger partial charge < -0.3 is 26.0 Å². The number of guanidine groups is 1. The van der Waals surface area contributed by atoms with Gasteiger partial charge in [0.15, 0.2) is 6.19 Å². The maximum atomic E-state index is 13.1. The first-order valence-electron chi connectivity index (χ1n) is 15.2. The molecule has 0 aliphatic heterocycles. The predicted octanol–water partition coefficient (Wildman–Crippen LogP) is 8.04. The van der Waals surface area contributed by atoms with Crippen molar-refractivity contribution in [2.75, 3.05) is 29.0 Å². The molecule has 272 valence electrons. The molecule has 4 aromatic rings. The summed E-state index contributed by atoms with van der Waals surface area (Å²) >= 11 is 5.61. The molecule has 0 bridgehead atoms. The molecule has 0 saturated carbocycles. The maximum absolute atomic E-state index is 13.1. The van der Waals surface area contributed by atoms with Crippen LogP contribution < -0.4 is 31.3 Å². The molecular formula is C33H28ClF6N9O3. The number of aromatic nitrogens is 2. The predicted molar refractivity (Wildman–Crippen MR) is 180 cm³/mol. The number of alkyl halides is 6. The Bertz CT molecular complexity index is 1930. The Morgan fingerprint density at radius 3 is 2.19 bits per heavy atom. The van der Waals surface area contributed by atoms with Crippen molar-refractivity contribution in [2.45, 2.75) is 31.6 Å². The van der Waals surface area contributed by atoms with Gasteiger partial charge in [-0.05, 0) is 79.9 Å². The van der Waals surface area contributed by atoms with E-state index in [0.29, 0.717) is 43.0 Å². The van der Waals surface area contributed by atoms with Gasteiger partial charge in [0.1, 0.15) is 22.9 Å². The standard InChI is InChI=1S/C33H28ClF6N9O3/c34-26-9-6-21(16-25(26)32(35,36)37)49-31(51)48-20-4-7-23(8-5-20)52-24-11-15-42-27(18-24)29(50)44-12-2-1-3-13-45-30(46-19-41)47-22-10-14-43-28(17-22)33(38,39)40/h4-11,14-18H,1-3,12-13H2,(H,44,50)(H2,48,49,51)(H2,43,45,46,47). The third-order valence-electron chi connectivity index (χ3n) is 6.72. The summed E-state index contributed by atoms with van der Waals surface area (Å²) in [6, 6.07) is 13.3. The summed E-state index contributed by atoms with van der Waals surface area (Å²) in [5, 5.41) is 20.9. The molecule has 3 amide bonds. The first kappa shape index (κ1) is 38.7. The van der Waals surface area contributed by atoms with Gasteiger partial charge in [0.25, 0.3) is 5.91 Å². The fourth-order valence-corrected chi connectivity index (χ4v) is 4.54. The lowest BCUT2D eigenvalue weighted by Crippen LogP contribution is -2.27. The highest BCUT2D eigenvalue weighted by atomic mass is 35.5. The van der Waals surface area contributed by atoms with Gasteiger partial charge in [0.2, 0.25) is 5.96 Å². The van der Waals surface area contributed by atoms with Crippen LogP contribution in [-0.4, -0.2) is 41.0 Å². The Morgan fingerprint density at radius 1 is 0.788 bits per heavy atom. The Kier molecular flexibility index (Phi) is 13.2. The monoisotopic (exact) mass is 747 g/mol. The average molecular weight is 748 g/mol. The molecule has 52 heavy (non-hydrogen) atoms. The summed E-state index contributed by atoms with van der Waals surface area (Å²) in [6.45, 7) is 0.570. The summed E-state index contributed by atoms with van der Waals surface area (Å²) in [5.41, 5.74) is -1.82. The van der Waals surface area contributed by atoms with Crippen molar-refractivity contribution in [3.05, 3.63) is 101 Å². The van der Waals surface area contributed by atoms with Crippen LogP contribution in [0.25, 0.3) is 0 Å². The van der Waals surface area contributed by atoms with E-state index < -0.39 is 40.6 Å². The largest absolute Gasteiger partial charge is 0.457 e. The molecule has 0 fully saturated rings. The molecule has 0 unspecified atom stereocenters. The normalized spacial score (nSPS) is 11.6. The number of anilines is 3. The average Bonchev–Trinajstić information content (AvgIpc) is 3.09. The SMILES string of the molecule is N#CNC(=NCCCCCNC(=O)c1cc(Oc2ccc(NC(=O)Nc3ccc(Cl)c(C(F)(F)F)c3)cc2)ccn1)Nc1ccnc(C(F)(F)F)c1. The number of urea groups is 1. The van der Waals surface area contributed by atoms with Crippen LogP contribution in [0.3, 0.4) is 0 Å². The fourth-order valence-electron chi connectivity index (χ4n) is 4.32. The third kappa shape index (κ3) is 12.1. The van der Waals surface area contributed by atoms with Crippen molar-refractivity contribution < 1.29 is 40.7 Å². The number of rotatable bonds is 12. The number of unbranched alkanes of at least 4 members (excludes halogenated alkanes) is 2. The molecule has 0 aliphatic carbocycles. The van der Waals surface area contributed by atoms with Crippen LogP contribution in [0.5, 0.6) is 11.5 Å². The summed E-state index contributed by atoms with van der Waals surface area (Å²) < 4.78 is 83.8. The second-order valence-electron chi connectivity index (χ2n) is 10.6. The van der Waals surface area contributed by atoms with E-state index in [2.05, 4.69) is 41.5 Å². The van der Waals surface area contributed by atoms with Crippen LogP contribution in [0.2, 0.25) is 5.02 Å². The Hall–Kier alpha value is -6.09. The van der Waals surface area contributed by atoms with Crippen LogP contribution in [0.15, 0.2) is 84.1 Å².